The average Bonchev–Trinajstić information content (AvgIpc) is 3.17. The third kappa shape index (κ3) is 2.32. The lowest BCUT2D eigenvalue weighted by Crippen LogP contribution is -2.24. The number of nitrogens with zero attached hydrogens (tertiary/aromatic N) is 3. The van der Waals surface area contributed by atoms with Gasteiger partial charge < -0.3 is 10.3 Å². The van der Waals surface area contributed by atoms with Gasteiger partial charge in [-0.1, -0.05) is 12.1 Å². The number of hydrogen-bond donors (Lipinski definition) is 2. The summed E-state index contributed by atoms with van der Waals surface area (Å²) >= 11 is 0. The Morgan fingerprint density at radius 1 is 1.22 bits per heavy atom. The number of H-pyrrole nitrogens is 1. The second-order valence-electron chi connectivity index (χ2n) is 5.11. The number of amides is 1. The van der Waals surface area contributed by atoms with Crippen molar-refractivity contribution in [3.05, 3.63) is 66.0 Å². The van der Waals surface area contributed by atoms with Crippen molar-refractivity contribution in [1.29, 1.82) is 0 Å². The summed E-state index contributed by atoms with van der Waals surface area (Å²) in [5, 5.41) is 11.2. The zero-order valence-electron chi connectivity index (χ0n) is 12.0. The second-order valence-corrected chi connectivity index (χ2v) is 5.11. The van der Waals surface area contributed by atoms with Crippen LogP contribution in [-0.2, 0) is 6.54 Å². The lowest BCUT2D eigenvalue weighted by atomic mass is 10.2. The van der Waals surface area contributed by atoms with Crippen molar-refractivity contribution in [2.75, 3.05) is 0 Å². The van der Waals surface area contributed by atoms with Crippen molar-refractivity contribution in [2.45, 2.75) is 6.54 Å². The van der Waals surface area contributed by atoms with Gasteiger partial charge in [0.05, 0.1) is 6.54 Å². The number of carbonyl (C=O) groups excluding carboxylic acids is 1. The summed E-state index contributed by atoms with van der Waals surface area (Å²) in [4.78, 5) is 15.1. The maximum atomic E-state index is 13.7. The molecule has 23 heavy (non-hydrogen) atoms. The molecule has 4 rings (SSSR count). The molecule has 0 radical (unpaired) electrons. The fourth-order valence-corrected chi connectivity index (χ4v) is 2.51. The summed E-state index contributed by atoms with van der Waals surface area (Å²) in [6, 6.07) is 11.7. The van der Waals surface area contributed by atoms with Crippen LogP contribution in [0.1, 0.15) is 16.3 Å². The van der Waals surface area contributed by atoms with Gasteiger partial charge in [-0.15, -0.1) is 10.2 Å². The highest BCUT2D eigenvalue weighted by atomic mass is 19.1. The molecule has 0 atom stereocenters. The van der Waals surface area contributed by atoms with Crippen molar-refractivity contribution in [1.82, 2.24) is 24.9 Å². The van der Waals surface area contributed by atoms with Gasteiger partial charge in [-0.25, -0.2) is 4.39 Å². The van der Waals surface area contributed by atoms with Crippen molar-refractivity contribution in [3.8, 4) is 0 Å². The first-order valence-electron chi connectivity index (χ1n) is 7.06. The van der Waals surface area contributed by atoms with Crippen LogP contribution >= 0.6 is 0 Å². The fourth-order valence-electron chi connectivity index (χ4n) is 2.51. The Labute approximate surface area is 130 Å². The van der Waals surface area contributed by atoms with E-state index in [0.717, 1.165) is 0 Å². The standard InChI is InChI=1S/C16H12FN5O/c17-11-4-3-5-12-10(11)8-13(19-12)16(23)18-9-15-21-20-14-6-1-2-7-22(14)15/h1-8,19H,9H2,(H,18,23). The van der Waals surface area contributed by atoms with E-state index in [9.17, 15) is 9.18 Å². The van der Waals surface area contributed by atoms with Gasteiger partial charge in [0.1, 0.15) is 11.5 Å². The Bertz CT molecular complexity index is 1020. The first-order valence-corrected chi connectivity index (χ1v) is 7.06. The zero-order valence-corrected chi connectivity index (χ0v) is 12.0. The highest BCUT2D eigenvalue weighted by molar-refractivity contribution is 5.98. The maximum absolute atomic E-state index is 13.7. The molecule has 0 aliphatic heterocycles. The Morgan fingerprint density at radius 3 is 3.00 bits per heavy atom. The molecule has 0 saturated heterocycles. The predicted molar refractivity (Wildman–Crippen MR) is 82.4 cm³/mol. The number of aromatic nitrogens is 4. The fraction of sp³-hybridized carbons (Fsp3) is 0.0625. The molecule has 0 unspecified atom stereocenters. The Hall–Kier alpha value is -3.22. The smallest absolute Gasteiger partial charge is 0.268 e. The number of halogens is 1. The monoisotopic (exact) mass is 309 g/mol. The highest BCUT2D eigenvalue weighted by Crippen LogP contribution is 2.18. The van der Waals surface area contributed by atoms with Gasteiger partial charge in [0.2, 0.25) is 0 Å². The average molecular weight is 309 g/mol. The molecule has 0 aliphatic carbocycles. The summed E-state index contributed by atoms with van der Waals surface area (Å²) in [5.74, 6) is -0.0641. The third-order valence-corrected chi connectivity index (χ3v) is 3.65. The van der Waals surface area contributed by atoms with E-state index < -0.39 is 0 Å². The van der Waals surface area contributed by atoms with E-state index in [0.29, 0.717) is 28.1 Å². The van der Waals surface area contributed by atoms with Crippen molar-refractivity contribution >= 4 is 22.5 Å². The molecular weight excluding hydrogens is 297 g/mol. The molecule has 7 heteroatoms. The molecule has 114 valence electrons. The van der Waals surface area contributed by atoms with Gasteiger partial charge in [-0.05, 0) is 30.3 Å². The topological polar surface area (TPSA) is 75.1 Å². The van der Waals surface area contributed by atoms with Crippen LogP contribution < -0.4 is 5.32 Å². The van der Waals surface area contributed by atoms with E-state index in [1.807, 2.05) is 24.4 Å². The predicted octanol–water partition coefficient (Wildman–Crippen LogP) is 2.28. The van der Waals surface area contributed by atoms with Crippen LogP contribution in [0.15, 0.2) is 48.7 Å². The maximum Gasteiger partial charge on any atom is 0.268 e. The molecule has 0 aliphatic rings. The Morgan fingerprint density at radius 2 is 2.13 bits per heavy atom. The minimum Gasteiger partial charge on any atom is -0.350 e. The van der Waals surface area contributed by atoms with Crippen LogP contribution in [0.25, 0.3) is 16.6 Å². The van der Waals surface area contributed by atoms with Gasteiger partial charge in [0.25, 0.3) is 5.91 Å². The largest absolute Gasteiger partial charge is 0.350 e. The number of hydrogen-bond acceptors (Lipinski definition) is 3. The van der Waals surface area contributed by atoms with Crippen molar-refractivity contribution in [3.63, 3.8) is 0 Å². The zero-order chi connectivity index (χ0) is 15.8. The molecule has 0 saturated carbocycles. The molecular formula is C16H12FN5O. The van der Waals surface area contributed by atoms with Crippen LogP contribution in [0.3, 0.4) is 0 Å². The third-order valence-electron chi connectivity index (χ3n) is 3.65. The summed E-state index contributed by atoms with van der Waals surface area (Å²) < 4.78 is 15.5. The van der Waals surface area contributed by atoms with E-state index in [-0.39, 0.29) is 18.3 Å². The van der Waals surface area contributed by atoms with E-state index in [1.165, 1.54) is 12.1 Å². The lowest BCUT2D eigenvalue weighted by molar-refractivity contribution is 0.0945. The van der Waals surface area contributed by atoms with Gasteiger partial charge in [0, 0.05) is 17.1 Å². The van der Waals surface area contributed by atoms with Crippen LogP contribution in [0.4, 0.5) is 4.39 Å². The molecule has 1 aromatic carbocycles. The summed E-state index contributed by atoms with van der Waals surface area (Å²) in [7, 11) is 0. The summed E-state index contributed by atoms with van der Waals surface area (Å²) in [6.07, 6.45) is 1.83. The Balaban J connectivity index is 1.56. The molecule has 1 amide bonds. The number of pyridine rings is 1. The van der Waals surface area contributed by atoms with Crippen LogP contribution in [0.2, 0.25) is 0 Å². The van der Waals surface area contributed by atoms with Crippen LogP contribution in [-0.4, -0.2) is 25.5 Å². The van der Waals surface area contributed by atoms with Crippen LogP contribution in [0.5, 0.6) is 0 Å². The quantitative estimate of drug-likeness (QED) is 0.609. The van der Waals surface area contributed by atoms with Crippen LogP contribution in [0, 0.1) is 5.82 Å². The second kappa shape index (κ2) is 5.20. The molecule has 6 nitrogen and oxygen atoms in total. The van der Waals surface area contributed by atoms with Crippen molar-refractivity contribution < 1.29 is 9.18 Å². The van der Waals surface area contributed by atoms with Gasteiger partial charge in [0.15, 0.2) is 11.5 Å². The SMILES string of the molecule is O=C(NCc1nnc2ccccn12)c1cc2c(F)cccc2[nH]1. The van der Waals surface area contributed by atoms with E-state index >= 15 is 0 Å². The first-order chi connectivity index (χ1) is 11.2. The highest BCUT2D eigenvalue weighted by Gasteiger charge is 2.12. The molecule has 3 aromatic heterocycles. The van der Waals surface area contributed by atoms with E-state index in [1.54, 1.807) is 16.5 Å². The minimum absolute atomic E-state index is 0.224. The normalized spacial score (nSPS) is 11.2. The molecule has 0 spiro atoms. The molecule has 0 fully saturated rings. The molecule has 4 aromatic rings. The first kappa shape index (κ1) is 13.4. The molecule has 3 heterocycles. The van der Waals surface area contributed by atoms with Crippen molar-refractivity contribution in [2.24, 2.45) is 0 Å². The molecule has 2 N–H and O–H groups in total. The van der Waals surface area contributed by atoms with Gasteiger partial charge >= 0.3 is 0 Å². The number of benzene rings is 1. The minimum atomic E-state index is -0.360. The van der Waals surface area contributed by atoms with E-state index in [4.69, 9.17) is 0 Å². The Kier molecular flexibility index (Phi) is 3.04. The number of rotatable bonds is 3. The summed E-state index contributed by atoms with van der Waals surface area (Å²) in [5.41, 5.74) is 1.60. The number of fused-ring (bicyclic) bond motifs is 2. The lowest BCUT2D eigenvalue weighted by Gasteiger charge is -2.02. The van der Waals surface area contributed by atoms with E-state index in [2.05, 4.69) is 20.5 Å². The molecule has 0 bridgehead atoms. The van der Waals surface area contributed by atoms with Gasteiger partial charge in [-0.3, -0.25) is 9.20 Å². The number of nitrogens with one attached hydrogen (secondary N) is 2. The summed E-state index contributed by atoms with van der Waals surface area (Å²) in [6.45, 7) is 0.224. The van der Waals surface area contributed by atoms with Gasteiger partial charge in [-0.2, -0.15) is 0 Å². The number of aromatic amines is 1. The number of carbonyl (C=O) groups is 1.